The highest BCUT2D eigenvalue weighted by atomic mass is 16.5. The monoisotopic (exact) mass is 299 g/mol. The van der Waals surface area contributed by atoms with E-state index in [2.05, 4.69) is 21.6 Å². The summed E-state index contributed by atoms with van der Waals surface area (Å²) in [5, 5.41) is 6.15. The first-order valence-corrected chi connectivity index (χ1v) is 6.82. The lowest BCUT2D eigenvalue weighted by molar-refractivity contribution is -0.133. The zero-order chi connectivity index (χ0) is 15.8. The van der Waals surface area contributed by atoms with E-state index in [0.29, 0.717) is 12.4 Å². The minimum absolute atomic E-state index is 0.0649. The average molecular weight is 299 g/mol. The van der Waals surface area contributed by atoms with Gasteiger partial charge in [0.1, 0.15) is 12.8 Å². The third-order valence-electron chi connectivity index (χ3n) is 2.94. The van der Waals surface area contributed by atoms with Crippen LogP contribution in [0.1, 0.15) is 5.56 Å². The molecule has 0 unspecified atom stereocenters. The average Bonchev–Trinajstić information content (AvgIpc) is 3.00. The fraction of sp³-hybridized carbons (Fsp3) is 0.188. The van der Waals surface area contributed by atoms with Gasteiger partial charge in [-0.2, -0.15) is 0 Å². The lowest BCUT2D eigenvalue weighted by atomic mass is 10.1. The van der Waals surface area contributed by atoms with Crippen LogP contribution in [0.3, 0.4) is 0 Å². The van der Waals surface area contributed by atoms with Gasteiger partial charge in [0.25, 0.3) is 0 Å². The standard InChI is InChI=1S/C16H17N3O3/c1-2-9-19(12-15(20)17-14-8-10-22-18-14)16(21)11-13-6-4-3-5-7-13/h2-8,10H,1,9,11-12H2,(H,17,18,20). The molecule has 22 heavy (non-hydrogen) atoms. The number of amides is 2. The van der Waals surface area contributed by atoms with Crippen molar-refractivity contribution in [3.05, 3.63) is 60.9 Å². The SMILES string of the molecule is C=CCN(CC(=O)Nc1ccon1)C(=O)Cc1ccccc1. The molecule has 0 fully saturated rings. The molecule has 0 aliphatic heterocycles. The van der Waals surface area contributed by atoms with E-state index in [1.165, 1.54) is 17.2 Å². The van der Waals surface area contributed by atoms with Gasteiger partial charge in [-0.1, -0.05) is 41.6 Å². The number of carbonyl (C=O) groups excluding carboxylic acids is 2. The second kappa shape index (κ2) is 7.78. The first-order chi connectivity index (χ1) is 10.7. The van der Waals surface area contributed by atoms with E-state index in [0.717, 1.165) is 5.56 Å². The van der Waals surface area contributed by atoms with E-state index in [4.69, 9.17) is 0 Å². The quantitative estimate of drug-likeness (QED) is 0.792. The Morgan fingerprint density at radius 3 is 2.68 bits per heavy atom. The number of nitrogens with one attached hydrogen (secondary N) is 1. The molecule has 1 N–H and O–H groups in total. The van der Waals surface area contributed by atoms with Crippen LogP contribution >= 0.6 is 0 Å². The number of rotatable bonds is 7. The van der Waals surface area contributed by atoms with Gasteiger partial charge >= 0.3 is 0 Å². The predicted octanol–water partition coefficient (Wildman–Crippen LogP) is 1.87. The largest absolute Gasteiger partial charge is 0.363 e. The van der Waals surface area contributed by atoms with Crippen molar-refractivity contribution in [1.82, 2.24) is 10.1 Å². The molecule has 0 saturated carbocycles. The summed E-state index contributed by atoms with van der Waals surface area (Å²) in [5.74, 6) is -0.155. The maximum absolute atomic E-state index is 12.3. The van der Waals surface area contributed by atoms with Crippen LogP contribution in [-0.4, -0.2) is 35.0 Å². The number of hydrogen-bond donors (Lipinski definition) is 1. The molecule has 2 amide bonds. The Kier molecular flexibility index (Phi) is 5.48. The van der Waals surface area contributed by atoms with Gasteiger partial charge in [-0.3, -0.25) is 9.59 Å². The maximum Gasteiger partial charge on any atom is 0.245 e. The van der Waals surface area contributed by atoms with E-state index in [1.54, 1.807) is 6.08 Å². The maximum atomic E-state index is 12.3. The van der Waals surface area contributed by atoms with E-state index in [1.807, 2.05) is 30.3 Å². The molecule has 1 aromatic heterocycles. The first-order valence-electron chi connectivity index (χ1n) is 6.82. The van der Waals surface area contributed by atoms with Crippen molar-refractivity contribution < 1.29 is 14.1 Å². The van der Waals surface area contributed by atoms with Gasteiger partial charge in [-0.15, -0.1) is 6.58 Å². The highest BCUT2D eigenvalue weighted by molar-refractivity contribution is 5.94. The lowest BCUT2D eigenvalue weighted by Gasteiger charge is -2.20. The molecule has 0 spiro atoms. The third-order valence-corrected chi connectivity index (χ3v) is 2.94. The minimum Gasteiger partial charge on any atom is -0.363 e. The number of aromatic nitrogens is 1. The van der Waals surface area contributed by atoms with Gasteiger partial charge in [-0.25, -0.2) is 0 Å². The van der Waals surface area contributed by atoms with E-state index in [9.17, 15) is 9.59 Å². The Hall–Kier alpha value is -2.89. The third kappa shape index (κ3) is 4.59. The summed E-state index contributed by atoms with van der Waals surface area (Å²) in [4.78, 5) is 25.7. The summed E-state index contributed by atoms with van der Waals surface area (Å²) in [5.41, 5.74) is 0.901. The zero-order valence-corrected chi connectivity index (χ0v) is 12.1. The summed E-state index contributed by atoms with van der Waals surface area (Å²) in [6.45, 7) is 3.86. The fourth-order valence-corrected chi connectivity index (χ4v) is 1.93. The van der Waals surface area contributed by atoms with E-state index >= 15 is 0 Å². The molecule has 1 heterocycles. The van der Waals surface area contributed by atoms with Crippen molar-refractivity contribution in [3.63, 3.8) is 0 Å². The molecular weight excluding hydrogens is 282 g/mol. The number of nitrogens with zero attached hydrogens (tertiary/aromatic N) is 2. The van der Waals surface area contributed by atoms with Gasteiger partial charge in [-0.05, 0) is 5.56 Å². The number of carbonyl (C=O) groups is 2. The van der Waals surface area contributed by atoms with Gasteiger partial charge in [0.15, 0.2) is 5.82 Å². The highest BCUT2D eigenvalue weighted by Crippen LogP contribution is 2.05. The topological polar surface area (TPSA) is 75.4 Å². The minimum atomic E-state index is -0.336. The molecular formula is C16H17N3O3. The predicted molar refractivity (Wildman–Crippen MR) is 82.1 cm³/mol. The van der Waals surface area contributed by atoms with Crippen LogP contribution in [-0.2, 0) is 16.0 Å². The molecule has 0 aliphatic carbocycles. The van der Waals surface area contributed by atoms with Crippen LogP contribution in [0.5, 0.6) is 0 Å². The van der Waals surface area contributed by atoms with Gasteiger partial charge in [0.05, 0.1) is 6.42 Å². The van der Waals surface area contributed by atoms with Gasteiger partial charge in [0.2, 0.25) is 11.8 Å². The fourth-order valence-electron chi connectivity index (χ4n) is 1.93. The van der Waals surface area contributed by atoms with Crippen LogP contribution < -0.4 is 5.32 Å². The van der Waals surface area contributed by atoms with Crippen molar-refractivity contribution in [1.29, 1.82) is 0 Å². The molecule has 2 aromatic rings. The summed E-state index contributed by atoms with van der Waals surface area (Å²) < 4.78 is 4.63. The molecule has 0 aliphatic rings. The molecule has 0 atom stereocenters. The summed E-state index contributed by atoms with van der Waals surface area (Å²) >= 11 is 0. The Morgan fingerprint density at radius 2 is 2.05 bits per heavy atom. The van der Waals surface area contributed by atoms with Crippen LogP contribution in [0.4, 0.5) is 5.82 Å². The number of hydrogen-bond acceptors (Lipinski definition) is 4. The van der Waals surface area contributed by atoms with Crippen molar-refractivity contribution in [2.75, 3.05) is 18.4 Å². The summed E-state index contributed by atoms with van der Waals surface area (Å²) in [6, 6.07) is 10.9. The lowest BCUT2D eigenvalue weighted by Crippen LogP contribution is -2.39. The van der Waals surface area contributed by atoms with E-state index < -0.39 is 0 Å². The Labute approximate surface area is 128 Å². The normalized spacial score (nSPS) is 10.0. The second-order valence-electron chi connectivity index (χ2n) is 4.66. The molecule has 114 valence electrons. The van der Waals surface area contributed by atoms with Crippen molar-refractivity contribution in [2.24, 2.45) is 0 Å². The van der Waals surface area contributed by atoms with Crippen LogP contribution in [0, 0.1) is 0 Å². The molecule has 0 bridgehead atoms. The summed E-state index contributed by atoms with van der Waals surface area (Å²) in [7, 11) is 0. The highest BCUT2D eigenvalue weighted by Gasteiger charge is 2.17. The molecule has 2 rings (SSSR count). The Morgan fingerprint density at radius 1 is 1.27 bits per heavy atom. The first kappa shape index (κ1) is 15.5. The zero-order valence-electron chi connectivity index (χ0n) is 12.1. The van der Waals surface area contributed by atoms with E-state index in [-0.39, 0.29) is 24.8 Å². The molecule has 0 saturated heterocycles. The number of benzene rings is 1. The smallest absolute Gasteiger partial charge is 0.245 e. The van der Waals surface area contributed by atoms with Crippen LogP contribution in [0.2, 0.25) is 0 Å². The molecule has 1 aromatic carbocycles. The summed E-state index contributed by atoms with van der Waals surface area (Å²) in [6.07, 6.45) is 3.19. The van der Waals surface area contributed by atoms with Crippen molar-refractivity contribution >= 4 is 17.6 Å². The number of anilines is 1. The Bertz CT molecular complexity index is 623. The van der Waals surface area contributed by atoms with Crippen LogP contribution in [0.15, 0.2) is 59.8 Å². The Balaban J connectivity index is 1.94. The van der Waals surface area contributed by atoms with Crippen molar-refractivity contribution in [2.45, 2.75) is 6.42 Å². The van der Waals surface area contributed by atoms with Crippen molar-refractivity contribution in [3.8, 4) is 0 Å². The van der Waals surface area contributed by atoms with Crippen LogP contribution in [0.25, 0.3) is 0 Å². The van der Waals surface area contributed by atoms with Gasteiger partial charge in [0, 0.05) is 12.6 Å². The second-order valence-corrected chi connectivity index (χ2v) is 4.66. The molecule has 6 heteroatoms. The molecule has 0 radical (unpaired) electrons. The molecule has 6 nitrogen and oxygen atoms in total. The van der Waals surface area contributed by atoms with Gasteiger partial charge < -0.3 is 14.7 Å².